The van der Waals surface area contributed by atoms with Gasteiger partial charge in [0.1, 0.15) is 5.82 Å². The summed E-state index contributed by atoms with van der Waals surface area (Å²) in [6, 6.07) is 6.28. The Bertz CT molecular complexity index is 573. The van der Waals surface area contributed by atoms with Crippen molar-refractivity contribution in [1.82, 2.24) is 5.32 Å². The fourth-order valence-corrected chi connectivity index (χ4v) is 2.50. The second-order valence-corrected chi connectivity index (χ2v) is 6.95. The highest BCUT2D eigenvalue weighted by molar-refractivity contribution is 5.73. The number of carboxylic acids is 1. The molecule has 0 amide bonds. The maximum atomic E-state index is 13.8. The predicted molar refractivity (Wildman–Crippen MR) is 83.6 cm³/mol. The van der Waals surface area contributed by atoms with Gasteiger partial charge in [0, 0.05) is 6.04 Å². The van der Waals surface area contributed by atoms with Crippen LogP contribution in [0.4, 0.5) is 17.6 Å². The van der Waals surface area contributed by atoms with Crippen molar-refractivity contribution in [2.75, 3.05) is 7.05 Å². The Morgan fingerprint density at radius 2 is 1.71 bits per heavy atom. The zero-order valence-electron chi connectivity index (χ0n) is 14.2. The molecule has 0 spiro atoms. The van der Waals surface area contributed by atoms with Crippen LogP contribution in [0.5, 0.6) is 0 Å². The van der Waals surface area contributed by atoms with Gasteiger partial charge in [-0.25, -0.2) is 9.18 Å². The summed E-state index contributed by atoms with van der Waals surface area (Å²) in [5.41, 5.74) is 2.01. The third kappa shape index (κ3) is 5.47. The van der Waals surface area contributed by atoms with E-state index in [2.05, 4.69) is 32.2 Å². The first kappa shape index (κ1) is 20.4. The highest BCUT2D eigenvalue weighted by Gasteiger charge is 2.38. The van der Waals surface area contributed by atoms with Crippen molar-refractivity contribution in [3.63, 3.8) is 0 Å². The zero-order valence-corrected chi connectivity index (χ0v) is 14.2. The van der Waals surface area contributed by atoms with Crippen LogP contribution in [0.3, 0.4) is 0 Å². The third-order valence-corrected chi connectivity index (χ3v) is 4.06. The first-order valence-corrected chi connectivity index (χ1v) is 7.63. The molecule has 0 unspecified atom stereocenters. The van der Waals surface area contributed by atoms with E-state index in [-0.39, 0.29) is 11.2 Å². The van der Waals surface area contributed by atoms with E-state index in [1.165, 1.54) is 18.4 Å². The SMILES string of the molecule is CNC1CC(c2ccc(F)c(C(C)(C)C)c2)C1.O=C(O)C(F)(F)F. The second-order valence-electron chi connectivity index (χ2n) is 6.95. The molecule has 7 heteroatoms. The molecule has 0 bridgehead atoms. The van der Waals surface area contributed by atoms with Crippen LogP contribution in [0.15, 0.2) is 18.2 Å². The van der Waals surface area contributed by atoms with Gasteiger partial charge in [0.15, 0.2) is 0 Å². The first-order chi connectivity index (χ1) is 10.9. The highest BCUT2D eigenvalue weighted by Crippen LogP contribution is 2.38. The molecular formula is C17H23F4NO2. The van der Waals surface area contributed by atoms with Crippen LogP contribution in [0.2, 0.25) is 0 Å². The van der Waals surface area contributed by atoms with Gasteiger partial charge in [-0.15, -0.1) is 0 Å². The van der Waals surface area contributed by atoms with Crippen LogP contribution in [-0.2, 0) is 10.2 Å². The van der Waals surface area contributed by atoms with Crippen LogP contribution >= 0.6 is 0 Å². The molecule has 0 aromatic heterocycles. The van der Waals surface area contributed by atoms with Gasteiger partial charge < -0.3 is 10.4 Å². The number of rotatable bonds is 2. The lowest BCUT2D eigenvalue weighted by atomic mass is 9.74. The molecule has 3 nitrogen and oxygen atoms in total. The summed E-state index contributed by atoms with van der Waals surface area (Å²) >= 11 is 0. The van der Waals surface area contributed by atoms with Gasteiger partial charge in [0.25, 0.3) is 0 Å². The summed E-state index contributed by atoms with van der Waals surface area (Å²) in [5.74, 6) is -2.23. The quantitative estimate of drug-likeness (QED) is 0.786. The van der Waals surface area contributed by atoms with Gasteiger partial charge in [0.2, 0.25) is 0 Å². The topological polar surface area (TPSA) is 49.3 Å². The number of carboxylic acid groups (broad SMARTS) is 1. The average molecular weight is 349 g/mol. The molecule has 2 rings (SSSR count). The van der Waals surface area contributed by atoms with Gasteiger partial charge in [-0.05, 0) is 48.4 Å². The molecular weight excluding hydrogens is 326 g/mol. The van der Waals surface area contributed by atoms with Crippen molar-refractivity contribution in [3.8, 4) is 0 Å². The standard InChI is InChI=1S/C15H22FN.C2HF3O2/c1-15(2,3)13-9-10(5-6-14(13)16)11-7-12(8-11)17-4;3-2(4,5)1(6)7/h5-6,9,11-12,17H,7-8H2,1-4H3;(H,6,7). The van der Waals surface area contributed by atoms with Crippen molar-refractivity contribution in [3.05, 3.63) is 35.1 Å². The number of carbonyl (C=O) groups is 1. The molecule has 0 radical (unpaired) electrons. The Kier molecular flexibility index (Phi) is 6.38. The van der Waals surface area contributed by atoms with E-state index >= 15 is 0 Å². The van der Waals surface area contributed by atoms with E-state index in [0.717, 1.165) is 5.56 Å². The lowest BCUT2D eigenvalue weighted by Gasteiger charge is -2.36. The molecule has 1 fully saturated rings. The fraction of sp³-hybridized carbons (Fsp3) is 0.588. The molecule has 1 aromatic rings. The monoisotopic (exact) mass is 349 g/mol. The summed E-state index contributed by atoms with van der Waals surface area (Å²) in [6.45, 7) is 6.19. The molecule has 1 aliphatic carbocycles. The fourth-order valence-electron chi connectivity index (χ4n) is 2.50. The van der Waals surface area contributed by atoms with Gasteiger partial charge >= 0.3 is 12.1 Å². The number of nitrogens with one attached hydrogen (secondary N) is 1. The Morgan fingerprint density at radius 1 is 1.21 bits per heavy atom. The summed E-state index contributed by atoms with van der Waals surface area (Å²) in [6.07, 6.45) is -2.74. The number of hydrogen-bond donors (Lipinski definition) is 2. The van der Waals surface area contributed by atoms with Crippen molar-refractivity contribution < 1.29 is 27.5 Å². The summed E-state index contributed by atoms with van der Waals surface area (Å²) in [4.78, 5) is 8.90. The largest absolute Gasteiger partial charge is 0.490 e. The van der Waals surface area contributed by atoms with Crippen LogP contribution in [-0.4, -0.2) is 30.3 Å². The average Bonchev–Trinajstić information content (AvgIpc) is 2.37. The minimum Gasteiger partial charge on any atom is -0.475 e. The second kappa shape index (κ2) is 7.51. The van der Waals surface area contributed by atoms with Crippen molar-refractivity contribution in [2.45, 2.75) is 57.2 Å². The molecule has 0 aliphatic heterocycles. The predicted octanol–water partition coefficient (Wildman–Crippen LogP) is 4.22. The lowest BCUT2D eigenvalue weighted by Crippen LogP contribution is -2.37. The Morgan fingerprint density at radius 3 is 2.08 bits per heavy atom. The Hall–Kier alpha value is -1.63. The number of aliphatic carboxylic acids is 1. The van der Waals surface area contributed by atoms with Crippen molar-refractivity contribution >= 4 is 5.97 Å². The van der Waals surface area contributed by atoms with Crippen molar-refractivity contribution in [2.24, 2.45) is 0 Å². The maximum absolute atomic E-state index is 13.8. The molecule has 24 heavy (non-hydrogen) atoms. The molecule has 136 valence electrons. The Balaban J connectivity index is 0.000000351. The minimum absolute atomic E-state index is 0.0780. The summed E-state index contributed by atoms with van der Waals surface area (Å²) in [5, 5.41) is 10.4. The number of benzene rings is 1. The van der Waals surface area contributed by atoms with Crippen LogP contribution < -0.4 is 5.32 Å². The summed E-state index contributed by atoms with van der Waals surface area (Å²) < 4.78 is 45.5. The van der Waals surface area contributed by atoms with E-state index < -0.39 is 12.1 Å². The molecule has 1 aliphatic rings. The minimum atomic E-state index is -5.08. The smallest absolute Gasteiger partial charge is 0.475 e. The van der Waals surface area contributed by atoms with Gasteiger partial charge in [-0.3, -0.25) is 0 Å². The molecule has 0 heterocycles. The van der Waals surface area contributed by atoms with Crippen LogP contribution in [0, 0.1) is 5.82 Å². The number of halogens is 4. The van der Waals surface area contributed by atoms with E-state index in [9.17, 15) is 17.6 Å². The van der Waals surface area contributed by atoms with Gasteiger partial charge in [-0.2, -0.15) is 13.2 Å². The zero-order chi connectivity index (χ0) is 18.7. The van der Waals surface area contributed by atoms with Crippen molar-refractivity contribution in [1.29, 1.82) is 0 Å². The van der Waals surface area contributed by atoms with E-state index in [1.807, 2.05) is 13.1 Å². The molecule has 0 atom stereocenters. The van der Waals surface area contributed by atoms with Gasteiger partial charge in [0.05, 0.1) is 0 Å². The molecule has 0 saturated heterocycles. The molecule has 2 N–H and O–H groups in total. The summed E-state index contributed by atoms with van der Waals surface area (Å²) in [7, 11) is 2.01. The van der Waals surface area contributed by atoms with E-state index in [4.69, 9.17) is 9.90 Å². The lowest BCUT2D eigenvalue weighted by molar-refractivity contribution is -0.192. The van der Waals surface area contributed by atoms with E-state index in [0.29, 0.717) is 12.0 Å². The highest BCUT2D eigenvalue weighted by atomic mass is 19.4. The van der Waals surface area contributed by atoms with Gasteiger partial charge in [-0.1, -0.05) is 32.9 Å². The first-order valence-electron chi connectivity index (χ1n) is 7.63. The normalized spacial score (nSPS) is 20.7. The van der Waals surface area contributed by atoms with Crippen LogP contribution in [0.1, 0.15) is 50.7 Å². The maximum Gasteiger partial charge on any atom is 0.490 e. The van der Waals surface area contributed by atoms with Crippen LogP contribution in [0.25, 0.3) is 0 Å². The Labute approximate surface area is 139 Å². The number of alkyl halides is 3. The molecule has 1 saturated carbocycles. The molecule has 1 aromatic carbocycles. The van der Waals surface area contributed by atoms with E-state index in [1.54, 1.807) is 6.07 Å². The number of hydrogen-bond acceptors (Lipinski definition) is 2. The third-order valence-electron chi connectivity index (χ3n) is 4.06.